The van der Waals surface area contributed by atoms with Crippen LogP contribution in [0.3, 0.4) is 0 Å². The number of aromatic nitrogens is 4. The summed E-state index contributed by atoms with van der Waals surface area (Å²) in [5, 5.41) is 12.5. The zero-order chi connectivity index (χ0) is 13.2. The van der Waals surface area contributed by atoms with Crippen LogP contribution < -0.4 is 0 Å². The van der Waals surface area contributed by atoms with Crippen LogP contribution in [0.4, 0.5) is 0 Å². The Morgan fingerprint density at radius 2 is 2.16 bits per heavy atom. The molecule has 19 heavy (non-hydrogen) atoms. The SMILES string of the molecule is O=C(CSc1nn2cnnc2s1)c1ccc(Cl)cc1. The molecule has 0 fully saturated rings. The van der Waals surface area contributed by atoms with Crippen LogP contribution >= 0.6 is 34.7 Å². The highest BCUT2D eigenvalue weighted by Gasteiger charge is 2.10. The molecule has 0 saturated carbocycles. The number of hydrogen-bond donors (Lipinski definition) is 0. The van der Waals surface area contributed by atoms with Crippen molar-refractivity contribution in [3.8, 4) is 0 Å². The minimum Gasteiger partial charge on any atom is -0.293 e. The fourth-order valence-electron chi connectivity index (χ4n) is 1.45. The maximum atomic E-state index is 12.0. The third-order valence-corrected chi connectivity index (χ3v) is 4.66. The van der Waals surface area contributed by atoms with Crippen LogP contribution in [0, 0.1) is 0 Å². The van der Waals surface area contributed by atoms with Gasteiger partial charge in [0.15, 0.2) is 10.1 Å². The first-order valence-corrected chi connectivity index (χ1v) is 7.49. The molecular formula is C11H7ClN4OS2. The quantitative estimate of drug-likeness (QED) is 0.548. The highest BCUT2D eigenvalue weighted by atomic mass is 35.5. The Hall–Kier alpha value is -1.44. The van der Waals surface area contributed by atoms with Crippen molar-refractivity contribution in [1.82, 2.24) is 19.8 Å². The molecule has 0 aliphatic heterocycles. The molecule has 2 heterocycles. The number of ketones is 1. The smallest absolute Gasteiger partial charge is 0.235 e. The van der Waals surface area contributed by atoms with Crippen molar-refractivity contribution >= 4 is 45.4 Å². The van der Waals surface area contributed by atoms with Gasteiger partial charge in [-0.05, 0) is 24.3 Å². The molecule has 0 saturated heterocycles. The van der Waals surface area contributed by atoms with E-state index in [1.54, 1.807) is 28.8 Å². The molecule has 0 aliphatic carbocycles. The van der Waals surface area contributed by atoms with Gasteiger partial charge >= 0.3 is 0 Å². The molecule has 96 valence electrons. The van der Waals surface area contributed by atoms with E-state index in [2.05, 4.69) is 15.3 Å². The van der Waals surface area contributed by atoms with E-state index in [9.17, 15) is 4.79 Å². The molecule has 3 aromatic rings. The number of fused-ring (bicyclic) bond motifs is 1. The molecule has 3 rings (SSSR count). The van der Waals surface area contributed by atoms with Gasteiger partial charge in [-0.15, -0.1) is 15.3 Å². The van der Waals surface area contributed by atoms with E-state index in [4.69, 9.17) is 11.6 Å². The second-order valence-electron chi connectivity index (χ2n) is 3.64. The summed E-state index contributed by atoms with van der Waals surface area (Å²) in [6.45, 7) is 0. The number of carbonyl (C=O) groups excluding carboxylic acids is 1. The number of thioether (sulfide) groups is 1. The van der Waals surface area contributed by atoms with E-state index in [0.717, 1.165) is 9.30 Å². The van der Waals surface area contributed by atoms with Crippen LogP contribution in [-0.4, -0.2) is 31.3 Å². The van der Waals surface area contributed by atoms with Gasteiger partial charge in [-0.2, -0.15) is 4.52 Å². The molecule has 0 amide bonds. The molecule has 0 aliphatic rings. The summed E-state index contributed by atoms with van der Waals surface area (Å²) in [6, 6.07) is 6.87. The number of hydrogen-bond acceptors (Lipinski definition) is 6. The lowest BCUT2D eigenvalue weighted by molar-refractivity contribution is 0.102. The number of carbonyl (C=O) groups is 1. The van der Waals surface area contributed by atoms with Crippen molar-refractivity contribution in [3.63, 3.8) is 0 Å². The lowest BCUT2D eigenvalue weighted by Crippen LogP contribution is -2.01. The molecule has 0 radical (unpaired) electrons. The second-order valence-corrected chi connectivity index (χ2v) is 6.26. The van der Waals surface area contributed by atoms with E-state index < -0.39 is 0 Å². The van der Waals surface area contributed by atoms with Crippen molar-refractivity contribution < 1.29 is 4.79 Å². The lowest BCUT2D eigenvalue weighted by Gasteiger charge is -1.99. The first-order chi connectivity index (χ1) is 9.22. The predicted molar refractivity (Wildman–Crippen MR) is 75.2 cm³/mol. The van der Waals surface area contributed by atoms with Gasteiger partial charge in [-0.1, -0.05) is 34.7 Å². The highest BCUT2D eigenvalue weighted by Crippen LogP contribution is 2.24. The fraction of sp³-hybridized carbons (Fsp3) is 0.0909. The van der Waals surface area contributed by atoms with Crippen molar-refractivity contribution in [1.29, 1.82) is 0 Å². The number of nitrogens with zero attached hydrogens (tertiary/aromatic N) is 4. The van der Waals surface area contributed by atoms with Gasteiger partial charge in [0.05, 0.1) is 5.75 Å². The first kappa shape index (κ1) is 12.6. The summed E-state index contributed by atoms with van der Waals surface area (Å²) in [6.07, 6.45) is 1.54. The lowest BCUT2D eigenvalue weighted by atomic mass is 10.1. The maximum Gasteiger partial charge on any atom is 0.235 e. The van der Waals surface area contributed by atoms with E-state index in [1.165, 1.54) is 29.4 Å². The number of rotatable bonds is 4. The Morgan fingerprint density at radius 1 is 1.37 bits per heavy atom. The molecule has 5 nitrogen and oxygen atoms in total. The summed E-state index contributed by atoms with van der Waals surface area (Å²) < 4.78 is 2.40. The van der Waals surface area contributed by atoms with E-state index in [0.29, 0.717) is 16.3 Å². The van der Waals surface area contributed by atoms with E-state index in [-0.39, 0.29) is 5.78 Å². The van der Waals surface area contributed by atoms with Crippen molar-refractivity contribution in [3.05, 3.63) is 41.2 Å². The summed E-state index contributed by atoms with van der Waals surface area (Å²) in [7, 11) is 0. The van der Waals surface area contributed by atoms with Gasteiger partial charge in [0.25, 0.3) is 0 Å². The van der Waals surface area contributed by atoms with Gasteiger partial charge in [-0.3, -0.25) is 4.79 Å². The first-order valence-electron chi connectivity index (χ1n) is 5.31. The molecule has 8 heteroatoms. The molecule has 1 aromatic carbocycles. The Bertz CT molecular complexity index is 693. The minimum atomic E-state index is 0.0487. The topological polar surface area (TPSA) is 60.2 Å². The van der Waals surface area contributed by atoms with E-state index >= 15 is 0 Å². The van der Waals surface area contributed by atoms with Gasteiger partial charge < -0.3 is 0 Å². The Labute approximate surface area is 121 Å². The molecule has 0 N–H and O–H groups in total. The molecule has 2 aromatic heterocycles. The molecule has 0 bridgehead atoms. The number of benzene rings is 1. The molecule has 0 unspecified atom stereocenters. The molecule has 0 atom stereocenters. The van der Waals surface area contributed by atoms with Crippen molar-refractivity contribution in [2.75, 3.05) is 5.75 Å². The fourth-order valence-corrected chi connectivity index (χ4v) is 3.33. The average Bonchev–Trinajstić information content (AvgIpc) is 2.97. The van der Waals surface area contributed by atoms with Gasteiger partial charge in [0, 0.05) is 10.6 Å². The molecule has 0 spiro atoms. The predicted octanol–water partition coefficient (Wildman–Crippen LogP) is 2.81. The van der Waals surface area contributed by atoms with Crippen LogP contribution in [0.15, 0.2) is 34.9 Å². The van der Waals surface area contributed by atoms with Crippen LogP contribution in [0.1, 0.15) is 10.4 Å². The average molecular weight is 311 g/mol. The Morgan fingerprint density at radius 3 is 2.89 bits per heavy atom. The number of Topliss-reactive ketones (excluding diaryl/α,β-unsaturated/α-hetero) is 1. The maximum absolute atomic E-state index is 12.0. The monoisotopic (exact) mass is 310 g/mol. The minimum absolute atomic E-state index is 0.0487. The molecular weight excluding hydrogens is 304 g/mol. The van der Waals surface area contributed by atoms with Crippen molar-refractivity contribution in [2.24, 2.45) is 0 Å². The van der Waals surface area contributed by atoms with Crippen molar-refractivity contribution in [2.45, 2.75) is 4.34 Å². The van der Waals surface area contributed by atoms with Crippen LogP contribution in [0.2, 0.25) is 5.02 Å². The largest absolute Gasteiger partial charge is 0.293 e. The summed E-state index contributed by atoms with van der Waals surface area (Å²) in [5.74, 6) is 0.388. The third kappa shape index (κ3) is 2.78. The van der Waals surface area contributed by atoms with Gasteiger partial charge in [0.1, 0.15) is 6.33 Å². The highest BCUT2D eigenvalue weighted by molar-refractivity contribution is 8.01. The van der Waals surface area contributed by atoms with Crippen LogP contribution in [0.25, 0.3) is 4.96 Å². The Balaban J connectivity index is 1.67. The standard InChI is InChI=1S/C11H7ClN4OS2/c12-8-3-1-7(2-4-8)9(17)5-18-11-15-16-6-13-14-10(16)19-11/h1-4,6H,5H2. The summed E-state index contributed by atoms with van der Waals surface area (Å²) in [5.41, 5.74) is 0.653. The number of halogens is 1. The second kappa shape index (κ2) is 5.28. The summed E-state index contributed by atoms with van der Waals surface area (Å²) in [4.78, 5) is 12.7. The Kier molecular flexibility index (Phi) is 3.50. The van der Waals surface area contributed by atoms with Crippen LogP contribution in [-0.2, 0) is 0 Å². The third-order valence-electron chi connectivity index (χ3n) is 2.36. The van der Waals surface area contributed by atoms with Gasteiger partial charge in [0.2, 0.25) is 4.96 Å². The normalized spacial score (nSPS) is 11.0. The van der Waals surface area contributed by atoms with Gasteiger partial charge in [-0.25, -0.2) is 0 Å². The summed E-state index contributed by atoms with van der Waals surface area (Å²) >= 11 is 8.59. The van der Waals surface area contributed by atoms with Crippen LogP contribution in [0.5, 0.6) is 0 Å². The zero-order valence-electron chi connectivity index (χ0n) is 9.49. The van der Waals surface area contributed by atoms with E-state index in [1.807, 2.05) is 0 Å². The zero-order valence-corrected chi connectivity index (χ0v) is 11.9.